The van der Waals surface area contributed by atoms with Crippen molar-refractivity contribution in [3.63, 3.8) is 0 Å². The maximum atomic E-state index is 13.0. The number of hydrogen-bond acceptors (Lipinski definition) is 6. The van der Waals surface area contributed by atoms with E-state index in [4.69, 9.17) is 4.98 Å². The van der Waals surface area contributed by atoms with E-state index in [-0.39, 0.29) is 10.8 Å². The number of likely N-dealkylation sites (N-methyl/N-ethyl adjacent to an activating group) is 1. The van der Waals surface area contributed by atoms with E-state index in [1.54, 1.807) is 33.6 Å². The van der Waals surface area contributed by atoms with Gasteiger partial charge < -0.3 is 9.80 Å². The Morgan fingerprint density at radius 1 is 0.969 bits per heavy atom. The molecule has 3 aromatic rings. The van der Waals surface area contributed by atoms with Crippen LogP contribution < -0.4 is 4.90 Å². The van der Waals surface area contributed by atoms with Crippen LogP contribution in [0.2, 0.25) is 0 Å². The summed E-state index contributed by atoms with van der Waals surface area (Å²) in [5, 5.41) is 0. The summed E-state index contributed by atoms with van der Waals surface area (Å²) < 4.78 is 27.6. The lowest BCUT2D eigenvalue weighted by molar-refractivity contribution is -0.129. The summed E-state index contributed by atoms with van der Waals surface area (Å²) in [4.78, 5) is 25.5. The molecule has 4 heterocycles. The molecule has 1 amide bonds. The topological polar surface area (TPSA) is 86.7 Å². The molecule has 2 saturated heterocycles. The number of nitrogens with zero attached hydrogens (tertiary/aromatic N) is 5. The second-order valence-corrected chi connectivity index (χ2v) is 10.2. The molecule has 2 aliphatic heterocycles. The van der Waals surface area contributed by atoms with Crippen LogP contribution in [0.3, 0.4) is 0 Å². The van der Waals surface area contributed by atoms with Gasteiger partial charge >= 0.3 is 0 Å². The molecule has 166 valence electrons. The number of aromatic nitrogens is 2. The van der Waals surface area contributed by atoms with Crippen LogP contribution >= 0.6 is 0 Å². The molecule has 0 unspecified atom stereocenters. The first-order valence-corrected chi connectivity index (χ1v) is 12.2. The zero-order valence-corrected chi connectivity index (χ0v) is 18.8. The third-order valence-electron chi connectivity index (χ3n) is 6.19. The summed E-state index contributed by atoms with van der Waals surface area (Å²) >= 11 is 0. The average Bonchev–Trinajstić information content (AvgIpc) is 3.36. The summed E-state index contributed by atoms with van der Waals surface area (Å²) in [5.41, 5.74) is 3.70. The van der Waals surface area contributed by atoms with Crippen molar-refractivity contribution in [1.82, 2.24) is 19.2 Å². The van der Waals surface area contributed by atoms with Gasteiger partial charge in [0.15, 0.2) is 0 Å². The predicted molar refractivity (Wildman–Crippen MR) is 123 cm³/mol. The zero-order valence-electron chi connectivity index (χ0n) is 17.9. The van der Waals surface area contributed by atoms with Crippen molar-refractivity contribution >= 4 is 32.7 Å². The van der Waals surface area contributed by atoms with Crippen LogP contribution in [0.5, 0.6) is 0 Å². The minimum absolute atomic E-state index is 0.0668. The fourth-order valence-electron chi connectivity index (χ4n) is 4.29. The molecule has 0 atom stereocenters. The summed E-state index contributed by atoms with van der Waals surface area (Å²) in [6, 6.07) is 12.6. The van der Waals surface area contributed by atoms with Gasteiger partial charge in [-0.1, -0.05) is 12.1 Å². The molecule has 1 aromatic carbocycles. The zero-order chi connectivity index (χ0) is 22.3. The molecule has 0 spiro atoms. The number of rotatable bonds is 4. The van der Waals surface area contributed by atoms with Gasteiger partial charge in [-0.3, -0.25) is 9.78 Å². The van der Waals surface area contributed by atoms with E-state index in [0.29, 0.717) is 37.4 Å². The maximum Gasteiger partial charge on any atom is 0.243 e. The number of sulfonamides is 1. The number of benzene rings is 1. The Morgan fingerprint density at radius 3 is 2.56 bits per heavy atom. The van der Waals surface area contributed by atoms with Crippen LogP contribution in [-0.4, -0.2) is 73.3 Å². The number of amides is 1. The van der Waals surface area contributed by atoms with E-state index in [0.717, 1.165) is 36.2 Å². The molecule has 2 aliphatic rings. The molecule has 32 heavy (non-hydrogen) atoms. The first-order chi connectivity index (χ1) is 15.4. The lowest BCUT2D eigenvalue weighted by atomic mass is 10.1. The Hall–Kier alpha value is -3.04. The van der Waals surface area contributed by atoms with Crippen molar-refractivity contribution in [1.29, 1.82) is 0 Å². The minimum atomic E-state index is -3.51. The summed E-state index contributed by atoms with van der Waals surface area (Å²) in [6.45, 7) is 2.81. The number of pyridine rings is 2. The standard InChI is InChI=1S/C23H25N5O3S/c1-26-13-14-27(16-22(26)29)21-9-10-24-20-8-7-19(25-23(20)21)17-5-4-6-18(15-17)32(30,31)28-11-2-3-12-28/h4-10,15H,2-3,11-14,16H2,1H3. The van der Waals surface area contributed by atoms with Gasteiger partial charge in [0.2, 0.25) is 15.9 Å². The van der Waals surface area contributed by atoms with Crippen LogP contribution in [0.4, 0.5) is 5.69 Å². The SMILES string of the molecule is CN1CCN(c2ccnc3ccc(-c4cccc(S(=O)(=O)N5CCCC5)c4)nc23)CC1=O. The highest BCUT2D eigenvalue weighted by molar-refractivity contribution is 7.89. The van der Waals surface area contributed by atoms with Crippen LogP contribution in [0.1, 0.15) is 12.8 Å². The van der Waals surface area contributed by atoms with Crippen molar-refractivity contribution in [2.24, 2.45) is 0 Å². The van der Waals surface area contributed by atoms with Gasteiger partial charge in [0, 0.05) is 45.0 Å². The Bertz CT molecular complexity index is 1290. The van der Waals surface area contributed by atoms with Gasteiger partial charge in [-0.25, -0.2) is 13.4 Å². The minimum Gasteiger partial charge on any atom is -0.359 e. The molecule has 8 nitrogen and oxygen atoms in total. The van der Waals surface area contributed by atoms with E-state index in [1.165, 1.54) is 0 Å². The molecule has 0 aliphatic carbocycles. The smallest absolute Gasteiger partial charge is 0.243 e. The normalized spacial score (nSPS) is 18.0. The van der Waals surface area contributed by atoms with Gasteiger partial charge in [0.05, 0.1) is 28.3 Å². The number of carbonyl (C=O) groups excluding carboxylic acids is 1. The van der Waals surface area contributed by atoms with Crippen LogP contribution in [0, 0.1) is 0 Å². The van der Waals surface area contributed by atoms with Crippen molar-refractivity contribution < 1.29 is 13.2 Å². The quantitative estimate of drug-likeness (QED) is 0.605. The maximum absolute atomic E-state index is 13.0. The van der Waals surface area contributed by atoms with Crippen molar-refractivity contribution in [2.75, 3.05) is 44.7 Å². The molecule has 2 aromatic heterocycles. The van der Waals surface area contributed by atoms with E-state index >= 15 is 0 Å². The molecule has 2 fully saturated rings. The van der Waals surface area contributed by atoms with Gasteiger partial charge in [0.1, 0.15) is 5.52 Å². The van der Waals surface area contributed by atoms with Crippen LogP contribution in [-0.2, 0) is 14.8 Å². The summed E-state index contributed by atoms with van der Waals surface area (Å²) in [5.74, 6) is 0.0668. The first-order valence-electron chi connectivity index (χ1n) is 10.8. The van der Waals surface area contributed by atoms with E-state index in [2.05, 4.69) is 4.98 Å². The fourth-order valence-corrected chi connectivity index (χ4v) is 5.85. The number of anilines is 1. The molecule has 0 bridgehead atoms. The number of fused-ring (bicyclic) bond motifs is 1. The number of hydrogen-bond donors (Lipinski definition) is 0. The van der Waals surface area contributed by atoms with Crippen molar-refractivity contribution in [2.45, 2.75) is 17.7 Å². The molecular formula is C23H25N5O3S. The third kappa shape index (κ3) is 3.71. The highest BCUT2D eigenvalue weighted by Gasteiger charge is 2.27. The van der Waals surface area contributed by atoms with Crippen LogP contribution in [0.15, 0.2) is 53.6 Å². The second-order valence-electron chi connectivity index (χ2n) is 8.27. The van der Waals surface area contributed by atoms with Crippen molar-refractivity contribution in [3.05, 3.63) is 48.7 Å². The highest BCUT2D eigenvalue weighted by atomic mass is 32.2. The lowest BCUT2D eigenvalue weighted by Crippen LogP contribution is -2.48. The van der Waals surface area contributed by atoms with Gasteiger partial charge in [-0.2, -0.15) is 4.31 Å². The monoisotopic (exact) mass is 451 g/mol. The summed E-state index contributed by atoms with van der Waals surface area (Å²) in [7, 11) is -1.70. The summed E-state index contributed by atoms with van der Waals surface area (Å²) in [6.07, 6.45) is 3.52. The predicted octanol–water partition coefficient (Wildman–Crippen LogP) is 2.36. The molecule has 0 radical (unpaired) electrons. The number of piperazine rings is 1. The van der Waals surface area contributed by atoms with Crippen LogP contribution in [0.25, 0.3) is 22.3 Å². The molecular weight excluding hydrogens is 426 g/mol. The highest BCUT2D eigenvalue weighted by Crippen LogP contribution is 2.30. The number of carbonyl (C=O) groups is 1. The first kappa shape index (κ1) is 20.8. The third-order valence-corrected chi connectivity index (χ3v) is 8.09. The molecule has 5 rings (SSSR count). The van der Waals surface area contributed by atoms with E-state index < -0.39 is 10.0 Å². The largest absolute Gasteiger partial charge is 0.359 e. The molecule has 9 heteroatoms. The van der Waals surface area contributed by atoms with E-state index in [1.807, 2.05) is 36.2 Å². The van der Waals surface area contributed by atoms with E-state index in [9.17, 15) is 13.2 Å². The fraction of sp³-hybridized carbons (Fsp3) is 0.348. The molecule has 0 saturated carbocycles. The Balaban J connectivity index is 1.54. The second kappa shape index (κ2) is 8.14. The van der Waals surface area contributed by atoms with Gasteiger partial charge in [0.25, 0.3) is 0 Å². The molecule has 0 N–H and O–H groups in total. The Kier molecular flexibility index (Phi) is 5.30. The Labute approximate surface area is 187 Å². The van der Waals surface area contributed by atoms with Crippen molar-refractivity contribution in [3.8, 4) is 11.3 Å². The lowest BCUT2D eigenvalue weighted by Gasteiger charge is -2.33. The Morgan fingerprint density at radius 2 is 1.78 bits per heavy atom. The van der Waals surface area contributed by atoms with Gasteiger partial charge in [-0.15, -0.1) is 0 Å². The average molecular weight is 452 g/mol. The van der Waals surface area contributed by atoms with Gasteiger partial charge in [-0.05, 0) is 43.2 Å².